The molecule has 1 heterocycles. The number of hydrogen-bond donors (Lipinski definition) is 1. The molecule has 0 radical (unpaired) electrons. The Hall–Kier alpha value is -0.220. The van der Waals surface area contributed by atoms with Gasteiger partial charge in [-0.25, -0.2) is 0 Å². The van der Waals surface area contributed by atoms with Gasteiger partial charge < -0.3 is 10.2 Å². The summed E-state index contributed by atoms with van der Waals surface area (Å²) in [4.78, 5) is 14.0. The van der Waals surface area contributed by atoms with Crippen molar-refractivity contribution in [2.45, 2.75) is 32.2 Å². The van der Waals surface area contributed by atoms with Crippen molar-refractivity contribution >= 4 is 17.7 Å². The smallest absolute Gasteiger partial charge is 0.239 e. The van der Waals surface area contributed by atoms with Crippen LogP contribution in [0.1, 0.15) is 26.2 Å². The minimum Gasteiger partial charge on any atom is -0.344 e. The van der Waals surface area contributed by atoms with Crippen LogP contribution in [0.4, 0.5) is 0 Å². The standard InChI is InChI=1S/C12H24N2OS/c1-4-10-5-6-13-11(9-10)12(15)14(2)7-8-16-3/h10-11,13H,4-9H2,1-3H3. The molecule has 0 bridgehead atoms. The normalized spacial score (nSPS) is 25.4. The highest BCUT2D eigenvalue weighted by Crippen LogP contribution is 2.20. The van der Waals surface area contributed by atoms with Crippen LogP contribution in [-0.4, -0.2) is 49.0 Å². The minimum atomic E-state index is 0.0607. The summed E-state index contributed by atoms with van der Waals surface area (Å²) in [7, 11) is 1.91. The Balaban J connectivity index is 2.40. The number of rotatable bonds is 5. The molecule has 1 rings (SSSR count). The third-order valence-electron chi connectivity index (χ3n) is 3.39. The van der Waals surface area contributed by atoms with Gasteiger partial charge in [0.2, 0.25) is 5.91 Å². The SMILES string of the molecule is CCC1CCNC(C(=O)N(C)CCSC)C1. The minimum absolute atomic E-state index is 0.0607. The highest BCUT2D eigenvalue weighted by atomic mass is 32.2. The van der Waals surface area contributed by atoms with Gasteiger partial charge in [-0.05, 0) is 31.6 Å². The average Bonchev–Trinajstić information content (AvgIpc) is 2.35. The van der Waals surface area contributed by atoms with E-state index in [1.807, 2.05) is 11.9 Å². The van der Waals surface area contributed by atoms with E-state index < -0.39 is 0 Å². The van der Waals surface area contributed by atoms with Crippen molar-refractivity contribution in [3.05, 3.63) is 0 Å². The number of nitrogens with zero attached hydrogens (tertiary/aromatic N) is 1. The summed E-state index contributed by atoms with van der Waals surface area (Å²) in [5.74, 6) is 2.02. The lowest BCUT2D eigenvalue weighted by Crippen LogP contribution is -2.49. The van der Waals surface area contributed by atoms with E-state index in [4.69, 9.17) is 0 Å². The molecule has 0 aliphatic carbocycles. The molecule has 4 heteroatoms. The largest absolute Gasteiger partial charge is 0.344 e. The van der Waals surface area contributed by atoms with Crippen molar-refractivity contribution in [1.29, 1.82) is 0 Å². The van der Waals surface area contributed by atoms with E-state index in [1.54, 1.807) is 11.8 Å². The molecule has 1 amide bonds. The Bertz CT molecular complexity index is 223. The number of thioether (sulfide) groups is 1. The van der Waals surface area contributed by atoms with Crippen LogP contribution >= 0.6 is 11.8 Å². The predicted molar refractivity (Wildman–Crippen MR) is 70.8 cm³/mol. The van der Waals surface area contributed by atoms with E-state index in [2.05, 4.69) is 18.5 Å². The Morgan fingerprint density at radius 2 is 2.31 bits per heavy atom. The lowest BCUT2D eigenvalue weighted by atomic mass is 9.90. The molecule has 1 fully saturated rings. The van der Waals surface area contributed by atoms with Gasteiger partial charge in [-0.15, -0.1) is 0 Å². The number of piperidine rings is 1. The zero-order chi connectivity index (χ0) is 12.0. The van der Waals surface area contributed by atoms with Gasteiger partial charge in [-0.2, -0.15) is 11.8 Å². The van der Waals surface area contributed by atoms with Gasteiger partial charge >= 0.3 is 0 Å². The number of nitrogens with one attached hydrogen (secondary N) is 1. The van der Waals surface area contributed by atoms with Crippen molar-refractivity contribution in [3.63, 3.8) is 0 Å². The highest BCUT2D eigenvalue weighted by molar-refractivity contribution is 7.98. The van der Waals surface area contributed by atoms with Crippen molar-refractivity contribution in [2.75, 3.05) is 32.1 Å². The summed E-state index contributed by atoms with van der Waals surface area (Å²) < 4.78 is 0. The predicted octanol–water partition coefficient (Wildman–Crippen LogP) is 1.59. The van der Waals surface area contributed by atoms with Gasteiger partial charge in [0.05, 0.1) is 6.04 Å². The lowest BCUT2D eigenvalue weighted by Gasteiger charge is -2.31. The lowest BCUT2D eigenvalue weighted by molar-refractivity contribution is -0.132. The second kappa shape index (κ2) is 7.17. The van der Waals surface area contributed by atoms with Gasteiger partial charge in [0.1, 0.15) is 0 Å². The van der Waals surface area contributed by atoms with E-state index in [9.17, 15) is 4.79 Å². The molecular weight excluding hydrogens is 220 g/mol. The fraction of sp³-hybridized carbons (Fsp3) is 0.917. The summed E-state index contributed by atoms with van der Waals surface area (Å²) in [6.45, 7) is 4.06. The summed E-state index contributed by atoms with van der Waals surface area (Å²) in [6.07, 6.45) is 5.50. The molecule has 2 unspecified atom stereocenters. The van der Waals surface area contributed by atoms with Crippen LogP contribution in [0.5, 0.6) is 0 Å². The Kier molecular flexibility index (Phi) is 6.21. The van der Waals surface area contributed by atoms with Gasteiger partial charge in [0, 0.05) is 19.3 Å². The van der Waals surface area contributed by atoms with Gasteiger partial charge in [-0.1, -0.05) is 13.3 Å². The number of hydrogen-bond acceptors (Lipinski definition) is 3. The molecule has 1 aliphatic rings. The zero-order valence-corrected chi connectivity index (χ0v) is 11.5. The molecule has 0 spiro atoms. The third-order valence-corrected chi connectivity index (χ3v) is 3.99. The maximum atomic E-state index is 12.1. The van der Waals surface area contributed by atoms with E-state index in [0.29, 0.717) is 0 Å². The van der Waals surface area contributed by atoms with Crippen LogP contribution in [0.3, 0.4) is 0 Å². The Morgan fingerprint density at radius 3 is 2.94 bits per heavy atom. The summed E-state index contributed by atoms with van der Waals surface area (Å²) in [6, 6.07) is 0.0607. The molecule has 0 aromatic carbocycles. The van der Waals surface area contributed by atoms with Crippen LogP contribution in [0, 0.1) is 5.92 Å². The molecule has 1 saturated heterocycles. The molecule has 0 saturated carbocycles. The summed E-state index contributed by atoms with van der Waals surface area (Å²) in [5, 5.41) is 3.34. The highest BCUT2D eigenvalue weighted by Gasteiger charge is 2.27. The van der Waals surface area contributed by atoms with E-state index in [0.717, 1.165) is 31.2 Å². The van der Waals surface area contributed by atoms with Gasteiger partial charge in [-0.3, -0.25) is 4.79 Å². The first-order valence-corrected chi connectivity index (χ1v) is 7.55. The average molecular weight is 244 g/mol. The van der Waals surface area contributed by atoms with E-state index in [-0.39, 0.29) is 11.9 Å². The summed E-state index contributed by atoms with van der Waals surface area (Å²) in [5.41, 5.74) is 0. The molecule has 1 aliphatic heterocycles. The van der Waals surface area contributed by atoms with Gasteiger partial charge in [0.25, 0.3) is 0 Å². The quantitative estimate of drug-likeness (QED) is 0.797. The molecule has 94 valence electrons. The summed E-state index contributed by atoms with van der Waals surface area (Å²) >= 11 is 1.78. The number of likely N-dealkylation sites (N-methyl/N-ethyl adjacent to an activating group) is 1. The fourth-order valence-corrected chi connectivity index (χ4v) is 2.62. The van der Waals surface area contributed by atoms with Crippen LogP contribution in [-0.2, 0) is 4.79 Å². The van der Waals surface area contributed by atoms with E-state index >= 15 is 0 Å². The zero-order valence-electron chi connectivity index (χ0n) is 10.7. The number of carbonyl (C=O) groups is 1. The monoisotopic (exact) mass is 244 g/mol. The Labute approximate surface area is 103 Å². The number of amides is 1. The third kappa shape index (κ3) is 3.98. The maximum absolute atomic E-state index is 12.1. The Morgan fingerprint density at radius 1 is 1.56 bits per heavy atom. The molecule has 0 aromatic rings. The fourth-order valence-electron chi connectivity index (χ4n) is 2.16. The second-order valence-corrected chi connectivity index (χ2v) is 5.54. The first kappa shape index (κ1) is 13.8. The first-order chi connectivity index (χ1) is 7.69. The molecule has 2 atom stereocenters. The molecule has 16 heavy (non-hydrogen) atoms. The molecular formula is C12H24N2OS. The molecule has 0 aromatic heterocycles. The second-order valence-electron chi connectivity index (χ2n) is 4.56. The van der Waals surface area contributed by atoms with Crippen LogP contribution in [0.15, 0.2) is 0 Å². The van der Waals surface area contributed by atoms with E-state index in [1.165, 1.54) is 12.8 Å². The molecule has 1 N–H and O–H groups in total. The molecule has 3 nitrogen and oxygen atoms in total. The van der Waals surface area contributed by atoms with Crippen LogP contribution < -0.4 is 5.32 Å². The van der Waals surface area contributed by atoms with Crippen LogP contribution in [0.2, 0.25) is 0 Å². The van der Waals surface area contributed by atoms with Crippen molar-refractivity contribution < 1.29 is 4.79 Å². The van der Waals surface area contributed by atoms with Gasteiger partial charge in [0.15, 0.2) is 0 Å². The van der Waals surface area contributed by atoms with Crippen LogP contribution in [0.25, 0.3) is 0 Å². The number of carbonyl (C=O) groups excluding carboxylic acids is 1. The van der Waals surface area contributed by atoms with Crippen molar-refractivity contribution in [2.24, 2.45) is 5.92 Å². The topological polar surface area (TPSA) is 32.3 Å². The first-order valence-electron chi connectivity index (χ1n) is 6.16. The van der Waals surface area contributed by atoms with Crippen molar-refractivity contribution in [1.82, 2.24) is 10.2 Å². The van der Waals surface area contributed by atoms with Crippen molar-refractivity contribution in [3.8, 4) is 0 Å². The maximum Gasteiger partial charge on any atom is 0.239 e.